The number of phenolic OH excluding ortho intramolecular Hbond substituents is 1. The highest BCUT2D eigenvalue weighted by atomic mass is 32.2. The van der Waals surface area contributed by atoms with E-state index in [0.29, 0.717) is 6.54 Å². The zero-order valence-corrected chi connectivity index (χ0v) is 9.59. The van der Waals surface area contributed by atoms with Gasteiger partial charge in [-0.2, -0.15) is 0 Å². The molecule has 1 aliphatic heterocycles. The molecule has 0 aliphatic carbocycles. The van der Waals surface area contributed by atoms with Gasteiger partial charge in [-0.05, 0) is 17.7 Å². The van der Waals surface area contributed by atoms with E-state index in [2.05, 4.69) is 10.6 Å². The molecule has 1 heterocycles. The third-order valence-electron chi connectivity index (χ3n) is 2.44. The first kappa shape index (κ1) is 11.3. The molecule has 0 radical (unpaired) electrons. The van der Waals surface area contributed by atoms with Gasteiger partial charge < -0.3 is 10.4 Å². The maximum absolute atomic E-state index is 11.6. The van der Waals surface area contributed by atoms with Gasteiger partial charge in [-0.1, -0.05) is 12.1 Å². The van der Waals surface area contributed by atoms with Crippen LogP contribution in [0.25, 0.3) is 0 Å². The van der Waals surface area contributed by atoms with Crippen LogP contribution in [-0.2, 0) is 11.3 Å². The molecular formula is C11H14N2O2S. The molecule has 0 spiro atoms. The molecule has 2 rings (SSSR count). The topological polar surface area (TPSA) is 61.4 Å². The zero-order chi connectivity index (χ0) is 11.4. The number of benzene rings is 1. The number of carbonyl (C=O) groups excluding carboxylic acids is 1. The van der Waals surface area contributed by atoms with Gasteiger partial charge in [0.05, 0.1) is 6.04 Å². The Morgan fingerprint density at radius 1 is 1.50 bits per heavy atom. The summed E-state index contributed by atoms with van der Waals surface area (Å²) in [6.45, 7) is 0.502. The minimum Gasteiger partial charge on any atom is -0.508 e. The number of thioether (sulfide) groups is 1. The van der Waals surface area contributed by atoms with Crippen LogP contribution in [0.1, 0.15) is 5.56 Å². The molecule has 5 heteroatoms. The molecule has 0 bridgehead atoms. The molecule has 1 saturated heterocycles. The molecule has 1 fully saturated rings. The number of aromatic hydroxyl groups is 1. The lowest BCUT2D eigenvalue weighted by atomic mass is 10.2. The summed E-state index contributed by atoms with van der Waals surface area (Å²) in [5, 5.41) is 15.1. The number of rotatable bonds is 3. The smallest absolute Gasteiger partial charge is 0.238 e. The van der Waals surface area contributed by atoms with Gasteiger partial charge in [-0.3, -0.25) is 10.1 Å². The van der Waals surface area contributed by atoms with Crippen LogP contribution in [0.3, 0.4) is 0 Å². The maximum Gasteiger partial charge on any atom is 0.238 e. The van der Waals surface area contributed by atoms with Crippen molar-refractivity contribution in [2.45, 2.75) is 12.6 Å². The Labute approximate surface area is 98.4 Å². The summed E-state index contributed by atoms with van der Waals surface area (Å²) in [4.78, 5) is 11.6. The van der Waals surface area contributed by atoms with Gasteiger partial charge in [0.25, 0.3) is 0 Å². The Bertz CT molecular complexity index is 361. The number of hydrogen-bond acceptors (Lipinski definition) is 4. The van der Waals surface area contributed by atoms with Crippen LogP contribution in [0.4, 0.5) is 0 Å². The van der Waals surface area contributed by atoms with Crippen molar-refractivity contribution < 1.29 is 9.90 Å². The van der Waals surface area contributed by atoms with Crippen LogP contribution in [-0.4, -0.2) is 28.7 Å². The second kappa shape index (κ2) is 5.23. The molecule has 1 unspecified atom stereocenters. The fourth-order valence-corrected chi connectivity index (χ4v) is 2.43. The highest BCUT2D eigenvalue weighted by Crippen LogP contribution is 2.11. The van der Waals surface area contributed by atoms with Crippen LogP contribution >= 0.6 is 11.8 Å². The van der Waals surface area contributed by atoms with Crippen LogP contribution < -0.4 is 10.6 Å². The summed E-state index contributed by atoms with van der Waals surface area (Å²) >= 11 is 1.73. The molecule has 16 heavy (non-hydrogen) atoms. The third-order valence-corrected chi connectivity index (χ3v) is 3.38. The molecule has 1 aliphatic rings. The van der Waals surface area contributed by atoms with Crippen LogP contribution in [0.2, 0.25) is 0 Å². The van der Waals surface area contributed by atoms with Crippen molar-refractivity contribution in [2.75, 3.05) is 11.6 Å². The predicted molar refractivity (Wildman–Crippen MR) is 64.2 cm³/mol. The first-order valence-corrected chi connectivity index (χ1v) is 6.28. The van der Waals surface area contributed by atoms with Crippen molar-refractivity contribution >= 4 is 17.7 Å². The minimum absolute atomic E-state index is 0.0399. The lowest BCUT2D eigenvalue weighted by molar-refractivity contribution is -0.122. The Balaban J connectivity index is 1.82. The molecule has 86 valence electrons. The standard InChI is InChI=1S/C11H14N2O2S/c14-9-3-1-8(2-4-9)5-12-11(15)10-6-16-7-13-10/h1-4,10,13-14H,5-7H2,(H,12,15). The van der Waals surface area contributed by atoms with Gasteiger partial charge in [0, 0.05) is 18.2 Å². The van der Waals surface area contributed by atoms with E-state index in [-0.39, 0.29) is 17.7 Å². The van der Waals surface area contributed by atoms with Crippen molar-refractivity contribution in [1.29, 1.82) is 0 Å². The molecule has 1 aromatic carbocycles. The van der Waals surface area contributed by atoms with Crippen molar-refractivity contribution in [2.24, 2.45) is 0 Å². The molecular weight excluding hydrogens is 224 g/mol. The normalized spacial score (nSPS) is 19.6. The van der Waals surface area contributed by atoms with E-state index >= 15 is 0 Å². The van der Waals surface area contributed by atoms with Crippen molar-refractivity contribution in [3.05, 3.63) is 29.8 Å². The van der Waals surface area contributed by atoms with Crippen molar-refractivity contribution in [3.63, 3.8) is 0 Å². The Kier molecular flexibility index (Phi) is 3.69. The second-order valence-electron chi connectivity index (χ2n) is 3.66. The van der Waals surface area contributed by atoms with Crippen LogP contribution in [0.5, 0.6) is 5.75 Å². The number of phenols is 1. The SMILES string of the molecule is O=C(NCc1ccc(O)cc1)C1CSCN1. The highest BCUT2D eigenvalue weighted by Gasteiger charge is 2.21. The fourth-order valence-electron chi connectivity index (χ4n) is 1.49. The maximum atomic E-state index is 11.6. The number of nitrogens with one attached hydrogen (secondary N) is 2. The number of carbonyl (C=O) groups is 1. The second-order valence-corrected chi connectivity index (χ2v) is 4.69. The molecule has 0 saturated carbocycles. The van der Waals surface area contributed by atoms with E-state index in [9.17, 15) is 4.79 Å². The summed E-state index contributed by atoms with van der Waals surface area (Å²) < 4.78 is 0. The Hall–Kier alpha value is -1.20. The molecule has 3 N–H and O–H groups in total. The summed E-state index contributed by atoms with van der Waals surface area (Å²) in [5.41, 5.74) is 0.983. The Morgan fingerprint density at radius 2 is 2.25 bits per heavy atom. The van der Waals surface area contributed by atoms with Gasteiger partial charge in [-0.15, -0.1) is 11.8 Å². The first-order chi connectivity index (χ1) is 7.75. The van der Waals surface area contributed by atoms with Gasteiger partial charge in [0.2, 0.25) is 5.91 Å². The fraction of sp³-hybridized carbons (Fsp3) is 0.364. The van der Waals surface area contributed by atoms with Gasteiger partial charge in [-0.25, -0.2) is 0 Å². The molecule has 1 atom stereocenters. The number of hydrogen-bond donors (Lipinski definition) is 3. The van der Waals surface area contributed by atoms with Crippen molar-refractivity contribution in [3.8, 4) is 5.75 Å². The zero-order valence-electron chi connectivity index (χ0n) is 8.77. The van der Waals surface area contributed by atoms with E-state index in [4.69, 9.17) is 5.11 Å². The summed E-state index contributed by atoms with van der Waals surface area (Å²) in [5.74, 6) is 1.96. The van der Waals surface area contributed by atoms with Crippen LogP contribution in [0, 0.1) is 0 Å². The predicted octanol–water partition coefficient (Wildman–Crippen LogP) is 0.671. The Morgan fingerprint density at radius 3 is 2.88 bits per heavy atom. The van der Waals surface area contributed by atoms with Gasteiger partial charge in [0.1, 0.15) is 5.75 Å². The largest absolute Gasteiger partial charge is 0.508 e. The van der Waals surface area contributed by atoms with Gasteiger partial charge in [0.15, 0.2) is 0 Å². The quantitative estimate of drug-likeness (QED) is 0.724. The van der Waals surface area contributed by atoms with E-state index in [1.54, 1.807) is 36.0 Å². The summed E-state index contributed by atoms with van der Waals surface area (Å²) in [7, 11) is 0. The van der Waals surface area contributed by atoms with E-state index in [0.717, 1.165) is 17.2 Å². The first-order valence-electron chi connectivity index (χ1n) is 5.12. The average molecular weight is 238 g/mol. The molecule has 0 aromatic heterocycles. The average Bonchev–Trinajstić information content (AvgIpc) is 2.81. The molecule has 1 aromatic rings. The highest BCUT2D eigenvalue weighted by molar-refractivity contribution is 7.99. The van der Waals surface area contributed by atoms with E-state index in [1.807, 2.05) is 0 Å². The molecule has 1 amide bonds. The summed E-state index contributed by atoms with van der Waals surface area (Å²) in [6, 6.07) is 6.76. The van der Waals surface area contributed by atoms with Gasteiger partial charge >= 0.3 is 0 Å². The summed E-state index contributed by atoms with van der Waals surface area (Å²) in [6.07, 6.45) is 0. The van der Waals surface area contributed by atoms with Crippen molar-refractivity contribution in [1.82, 2.24) is 10.6 Å². The lowest BCUT2D eigenvalue weighted by Crippen LogP contribution is -2.41. The third kappa shape index (κ3) is 2.90. The van der Waals surface area contributed by atoms with Crippen LogP contribution in [0.15, 0.2) is 24.3 Å². The lowest BCUT2D eigenvalue weighted by Gasteiger charge is -2.10. The van der Waals surface area contributed by atoms with E-state index < -0.39 is 0 Å². The minimum atomic E-state index is -0.0675. The monoisotopic (exact) mass is 238 g/mol. The number of amides is 1. The van der Waals surface area contributed by atoms with E-state index in [1.165, 1.54) is 0 Å². The molecule has 4 nitrogen and oxygen atoms in total.